The number of aryl methyl sites for hydroxylation is 1. The molecule has 0 spiro atoms. The first-order valence-corrected chi connectivity index (χ1v) is 8.22. The maximum Gasteiger partial charge on any atom is 0.336 e. The first kappa shape index (κ1) is 17.5. The fourth-order valence-corrected chi connectivity index (χ4v) is 2.61. The Morgan fingerprint density at radius 3 is 2.50 bits per heavy atom. The summed E-state index contributed by atoms with van der Waals surface area (Å²) in [7, 11) is 1.58. The molecule has 6 nitrogen and oxygen atoms in total. The summed E-state index contributed by atoms with van der Waals surface area (Å²) in [4.78, 5) is 23.6. The molecule has 2 aromatic carbocycles. The summed E-state index contributed by atoms with van der Waals surface area (Å²) < 4.78 is 15.8. The Hall–Kier alpha value is -3.28. The van der Waals surface area contributed by atoms with Crippen molar-refractivity contribution < 1.29 is 18.7 Å². The summed E-state index contributed by atoms with van der Waals surface area (Å²) in [5, 5.41) is 3.60. The van der Waals surface area contributed by atoms with Crippen molar-refractivity contribution in [2.45, 2.75) is 13.3 Å². The first-order valence-electron chi connectivity index (χ1n) is 8.22. The van der Waals surface area contributed by atoms with Gasteiger partial charge in [0.15, 0.2) is 6.61 Å². The number of fused-ring (bicyclic) bond motifs is 1. The maximum absolute atomic E-state index is 12.0. The molecule has 0 aliphatic heterocycles. The number of rotatable bonds is 6. The predicted octanol–water partition coefficient (Wildman–Crippen LogP) is 3.38. The van der Waals surface area contributed by atoms with E-state index >= 15 is 0 Å². The lowest BCUT2D eigenvalue weighted by Gasteiger charge is -2.09. The fraction of sp³-hybridized carbons (Fsp3) is 0.200. The SMILES string of the molecule is CCc1cc(=O)oc2cc(OCC(=O)Nc3ccc(OC)cc3)ccc12. The molecule has 0 aliphatic rings. The molecule has 3 rings (SSSR count). The highest BCUT2D eigenvalue weighted by atomic mass is 16.5. The van der Waals surface area contributed by atoms with E-state index in [1.807, 2.05) is 13.0 Å². The normalized spacial score (nSPS) is 10.5. The van der Waals surface area contributed by atoms with Crippen LogP contribution >= 0.6 is 0 Å². The quantitative estimate of drug-likeness (QED) is 0.688. The second-order valence-electron chi connectivity index (χ2n) is 5.67. The number of amides is 1. The molecule has 0 bridgehead atoms. The molecule has 0 saturated heterocycles. The number of anilines is 1. The molecule has 0 fully saturated rings. The number of nitrogens with one attached hydrogen (secondary N) is 1. The summed E-state index contributed by atoms with van der Waals surface area (Å²) in [5.41, 5.74) is 1.61. The molecule has 0 saturated carbocycles. The van der Waals surface area contributed by atoms with Crippen LogP contribution in [0.5, 0.6) is 11.5 Å². The minimum Gasteiger partial charge on any atom is -0.497 e. The van der Waals surface area contributed by atoms with Crippen LogP contribution in [0, 0.1) is 0 Å². The predicted molar refractivity (Wildman–Crippen MR) is 99.0 cm³/mol. The molecule has 6 heteroatoms. The van der Waals surface area contributed by atoms with Crippen LogP contribution in [0.15, 0.2) is 57.7 Å². The van der Waals surface area contributed by atoms with Crippen LogP contribution in [0.4, 0.5) is 5.69 Å². The molecule has 3 aromatic rings. The van der Waals surface area contributed by atoms with Gasteiger partial charge in [-0.05, 0) is 48.4 Å². The van der Waals surface area contributed by atoms with Crippen molar-refractivity contribution in [1.29, 1.82) is 0 Å². The van der Waals surface area contributed by atoms with Crippen LogP contribution < -0.4 is 20.4 Å². The summed E-state index contributed by atoms with van der Waals surface area (Å²) in [5.74, 6) is 0.876. The zero-order valence-electron chi connectivity index (χ0n) is 14.6. The third kappa shape index (κ3) is 4.03. The lowest BCUT2D eigenvalue weighted by atomic mass is 10.1. The van der Waals surface area contributed by atoms with E-state index in [1.54, 1.807) is 43.5 Å². The summed E-state index contributed by atoms with van der Waals surface area (Å²) >= 11 is 0. The molecular formula is C20H19NO5. The van der Waals surface area contributed by atoms with Gasteiger partial charge in [0.25, 0.3) is 5.91 Å². The number of carbonyl (C=O) groups excluding carboxylic acids is 1. The molecule has 134 valence electrons. The van der Waals surface area contributed by atoms with E-state index in [0.29, 0.717) is 22.8 Å². The molecule has 26 heavy (non-hydrogen) atoms. The first-order chi connectivity index (χ1) is 12.6. The number of methoxy groups -OCH3 is 1. The smallest absolute Gasteiger partial charge is 0.336 e. The summed E-state index contributed by atoms with van der Waals surface area (Å²) in [6.45, 7) is 1.82. The molecule has 0 unspecified atom stereocenters. The van der Waals surface area contributed by atoms with Gasteiger partial charge in [0.1, 0.15) is 17.1 Å². The molecule has 1 amide bonds. The Balaban J connectivity index is 1.66. The number of hydrogen-bond donors (Lipinski definition) is 1. The van der Waals surface area contributed by atoms with Gasteiger partial charge in [0.2, 0.25) is 0 Å². The molecule has 0 radical (unpaired) electrons. The van der Waals surface area contributed by atoms with Crippen molar-refractivity contribution in [1.82, 2.24) is 0 Å². The number of ether oxygens (including phenoxy) is 2. The Kier molecular flexibility index (Phi) is 5.22. The van der Waals surface area contributed by atoms with Crippen LogP contribution in [0.25, 0.3) is 11.0 Å². The van der Waals surface area contributed by atoms with Gasteiger partial charge in [0.05, 0.1) is 7.11 Å². The third-order valence-corrected chi connectivity index (χ3v) is 3.93. The molecule has 1 aromatic heterocycles. The van der Waals surface area contributed by atoms with Gasteiger partial charge in [-0.15, -0.1) is 0 Å². The minimum atomic E-state index is -0.399. The third-order valence-electron chi connectivity index (χ3n) is 3.93. The fourth-order valence-electron chi connectivity index (χ4n) is 2.61. The van der Waals surface area contributed by atoms with Crippen molar-refractivity contribution in [3.63, 3.8) is 0 Å². The molecule has 0 aliphatic carbocycles. The van der Waals surface area contributed by atoms with E-state index in [9.17, 15) is 9.59 Å². The lowest BCUT2D eigenvalue weighted by molar-refractivity contribution is -0.118. The van der Waals surface area contributed by atoms with E-state index in [1.165, 1.54) is 6.07 Å². The van der Waals surface area contributed by atoms with Gasteiger partial charge in [-0.25, -0.2) is 4.79 Å². The topological polar surface area (TPSA) is 77.8 Å². The highest BCUT2D eigenvalue weighted by molar-refractivity contribution is 5.92. The van der Waals surface area contributed by atoms with E-state index in [0.717, 1.165) is 17.4 Å². The average molecular weight is 353 g/mol. The Labute approximate surface area is 150 Å². The van der Waals surface area contributed by atoms with Crippen LogP contribution in [0.2, 0.25) is 0 Å². The van der Waals surface area contributed by atoms with Crippen LogP contribution in [-0.2, 0) is 11.2 Å². The second kappa shape index (κ2) is 7.74. The zero-order valence-corrected chi connectivity index (χ0v) is 14.6. The minimum absolute atomic E-state index is 0.158. The Bertz CT molecular complexity index is 976. The molecule has 1 heterocycles. The zero-order chi connectivity index (χ0) is 18.5. The largest absolute Gasteiger partial charge is 0.497 e. The molecule has 0 atom stereocenters. The molecule has 1 N–H and O–H groups in total. The number of benzene rings is 2. The van der Waals surface area contributed by atoms with Crippen LogP contribution in [0.3, 0.4) is 0 Å². The van der Waals surface area contributed by atoms with Crippen molar-refractivity contribution in [3.8, 4) is 11.5 Å². The Morgan fingerprint density at radius 1 is 1.08 bits per heavy atom. The van der Waals surface area contributed by atoms with Crippen molar-refractivity contribution in [2.24, 2.45) is 0 Å². The standard InChI is InChI=1S/C20H19NO5/c1-3-13-10-20(23)26-18-11-16(8-9-17(13)18)25-12-19(22)21-14-4-6-15(24-2)7-5-14/h4-11H,3,12H2,1-2H3,(H,21,22). The van der Waals surface area contributed by atoms with E-state index in [4.69, 9.17) is 13.9 Å². The Morgan fingerprint density at radius 2 is 1.81 bits per heavy atom. The summed E-state index contributed by atoms with van der Waals surface area (Å²) in [6, 6.07) is 13.7. The molecular weight excluding hydrogens is 334 g/mol. The average Bonchev–Trinajstić information content (AvgIpc) is 2.66. The van der Waals surface area contributed by atoms with Crippen molar-refractivity contribution in [2.75, 3.05) is 19.0 Å². The van der Waals surface area contributed by atoms with Crippen molar-refractivity contribution >= 4 is 22.6 Å². The number of hydrogen-bond acceptors (Lipinski definition) is 5. The number of carbonyl (C=O) groups is 1. The summed E-state index contributed by atoms with van der Waals surface area (Å²) in [6.07, 6.45) is 0.729. The van der Waals surface area contributed by atoms with Gasteiger partial charge in [-0.2, -0.15) is 0 Å². The lowest BCUT2D eigenvalue weighted by Crippen LogP contribution is -2.20. The van der Waals surface area contributed by atoms with Crippen LogP contribution in [-0.4, -0.2) is 19.6 Å². The van der Waals surface area contributed by atoms with Crippen molar-refractivity contribution in [3.05, 3.63) is 64.5 Å². The van der Waals surface area contributed by atoms with E-state index < -0.39 is 5.63 Å². The highest BCUT2D eigenvalue weighted by Crippen LogP contribution is 2.23. The second-order valence-corrected chi connectivity index (χ2v) is 5.67. The van der Waals surface area contributed by atoms with Gasteiger partial charge >= 0.3 is 5.63 Å². The van der Waals surface area contributed by atoms with E-state index in [-0.39, 0.29) is 12.5 Å². The van der Waals surface area contributed by atoms with Gasteiger partial charge < -0.3 is 19.2 Å². The van der Waals surface area contributed by atoms with Crippen LogP contribution in [0.1, 0.15) is 12.5 Å². The van der Waals surface area contributed by atoms with Gasteiger partial charge in [0, 0.05) is 23.2 Å². The van der Waals surface area contributed by atoms with Gasteiger partial charge in [-0.3, -0.25) is 4.79 Å². The highest BCUT2D eigenvalue weighted by Gasteiger charge is 2.08. The monoisotopic (exact) mass is 353 g/mol. The van der Waals surface area contributed by atoms with Gasteiger partial charge in [-0.1, -0.05) is 6.92 Å². The maximum atomic E-state index is 12.0. The van der Waals surface area contributed by atoms with E-state index in [2.05, 4.69) is 5.32 Å².